The average molecular weight is 246 g/mol. The van der Waals surface area contributed by atoms with Crippen LogP contribution in [0.3, 0.4) is 0 Å². The molecule has 1 N–H and O–H groups in total. The minimum Gasteiger partial charge on any atom is -0.380 e. The zero-order chi connectivity index (χ0) is 12.4. The summed E-state index contributed by atoms with van der Waals surface area (Å²) in [5.41, 5.74) is 4.92. The lowest BCUT2D eigenvalue weighted by atomic mass is 10.1. The van der Waals surface area contributed by atoms with Gasteiger partial charge in [-0.15, -0.1) is 11.3 Å². The van der Waals surface area contributed by atoms with Gasteiger partial charge in [-0.3, -0.25) is 0 Å². The standard InChI is InChI=1S/C14H18N2S/c1-9-5-10(2)7-13(6-9)15-8-14-11(3)16-12(4)17-14/h5-7,15H,8H2,1-4H3. The molecule has 0 aliphatic carbocycles. The molecule has 0 amide bonds. The Bertz CT molecular complexity index is 509. The van der Waals surface area contributed by atoms with E-state index in [1.807, 2.05) is 0 Å². The zero-order valence-corrected chi connectivity index (χ0v) is 11.6. The zero-order valence-electron chi connectivity index (χ0n) is 10.8. The Morgan fingerprint density at radius 3 is 2.24 bits per heavy atom. The molecule has 0 fully saturated rings. The van der Waals surface area contributed by atoms with Crippen LogP contribution in [0.4, 0.5) is 5.69 Å². The molecular weight excluding hydrogens is 228 g/mol. The van der Waals surface area contributed by atoms with Crippen LogP contribution in [-0.4, -0.2) is 4.98 Å². The average Bonchev–Trinajstić information content (AvgIpc) is 2.53. The molecular formula is C14H18N2S. The monoisotopic (exact) mass is 246 g/mol. The molecule has 90 valence electrons. The molecule has 0 saturated heterocycles. The molecule has 0 bridgehead atoms. The van der Waals surface area contributed by atoms with Crippen LogP contribution in [-0.2, 0) is 6.54 Å². The number of nitrogens with one attached hydrogen (secondary N) is 1. The van der Waals surface area contributed by atoms with E-state index >= 15 is 0 Å². The maximum absolute atomic E-state index is 4.44. The van der Waals surface area contributed by atoms with Gasteiger partial charge in [-0.25, -0.2) is 4.98 Å². The Labute approximate surface area is 107 Å². The summed E-state index contributed by atoms with van der Waals surface area (Å²) in [6.45, 7) is 9.24. The second-order valence-electron chi connectivity index (χ2n) is 4.47. The van der Waals surface area contributed by atoms with E-state index in [1.54, 1.807) is 11.3 Å². The number of hydrogen-bond acceptors (Lipinski definition) is 3. The molecule has 1 heterocycles. The van der Waals surface area contributed by atoms with Crippen LogP contribution >= 0.6 is 11.3 Å². The smallest absolute Gasteiger partial charge is 0.0900 e. The van der Waals surface area contributed by atoms with Crippen LogP contribution in [0.25, 0.3) is 0 Å². The molecule has 0 aliphatic rings. The van der Waals surface area contributed by atoms with Crippen molar-refractivity contribution in [1.29, 1.82) is 0 Å². The summed E-state index contributed by atoms with van der Waals surface area (Å²) >= 11 is 1.77. The molecule has 2 rings (SSSR count). The molecule has 1 aromatic carbocycles. The predicted octanol–water partition coefficient (Wildman–Crippen LogP) is 3.99. The number of rotatable bonds is 3. The van der Waals surface area contributed by atoms with Gasteiger partial charge >= 0.3 is 0 Å². The fraction of sp³-hybridized carbons (Fsp3) is 0.357. The summed E-state index contributed by atoms with van der Waals surface area (Å²) in [5, 5.41) is 4.61. The van der Waals surface area contributed by atoms with Crippen LogP contribution in [0.15, 0.2) is 18.2 Å². The summed E-state index contributed by atoms with van der Waals surface area (Å²) in [4.78, 5) is 5.76. The number of nitrogens with zero attached hydrogens (tertiary/aromatic N) is 1. The first-order valence-electron chi connectivity index (χ1n) is 5.79. The van der Waals surface area contributed by atoms with Crippen molar-refractivity contribution in [3.8, 4) is 0 Å². The Hall–Kier alpha value is -1.35. The van der Waals surface area contributed by atoms with Gasteiger partial charge in [-0.05, 0) is 51.0 Å². The predicted molar refractivity (Wildman–Crippen MR) is 74.8 cm³/mol. The van der Waals surface area contributed by atoms with Crippen LogP contribution in [0, 0.1) is 27.7 Å². The molecule has 2 nitrogen and oxygen atoms in total. The van der Waals surface area contributed by atoms with Gasteiger partial charge in [0.25, 0.3) is 0 Å². The van der Waals surface area contributed by atoms with Gasteiger partial charge < -0.3 is 5.32 Å². The van der Waals surface area contributed by atoms with Gasteiger partial charge in [0.1, 0.15) is 0 Å². The molecule has 0 unspecified atom stereocenters. The van der Waals surface area contributed by atoms with Crippen LogP contribution in [0.1, 0.15) is 26.7 Å². The molecule has 0 saturated carbocycles. The summed E-state index contributed by atoms with van der Waals surface area (Å²) in [7, 11) is 0. The Balaban J connectivity index is 2.09. The van der Waals surface area contributed by atoms with E-state index in [0.717, 1.165) is 17.2 Å². The van der Waals surface area contributed by atoms with Gasteiger partial charge in [0.05, 0.1) is 17.2 Å². The van der Waals surface area contributed by atoms with Crippen molar-refractivity contribution in [3.63, 3.8) is 0 Å². The van der Waals surface area contributed by atoms with Crippen molar-refractivity contribution >= 4 is 17.0 Å². The Morgan fingerprint density at radius 2 is 1.71 bits per heavy atom. The highest BCUT2D eigenvalue weighted by atomic mass is 32.1. The van der Waals surface area contributed by atoms with E-state index in [-0.39, 0.29) is 0 Å². The number of aryl methyl sites for hydroxylation is 4. The fourth-order valence-corrected chi connectivity index (χ4v) is 2.87. The molecule has 1 aromatic heterocycles. The maximum atomic E-state index is 4.44. The Kier molecular flexibility index (Phi) is 3.48. The highest BCUT2D eigenvalue weighted by Crippen LogP contribution is 2.20. The molecule has 0 radical (unpaired) electrons. The minimum atomic E-state index is 0.861. The third-order valence-corrected chi connectivity index (χ3v) is 3.75. The first-order chi connectivity index (χ1) is 8.04. The fourth-order valence-electron chi connectivity index (χ4n) is 2.00. The van der Waals surface area contributed by atoms with E-state index in [9.17, 15) is 0 Å². The van der Waals surface area contributed by atoms with Crippen LogP contribution in [0.5, 0.6) is 0 Å². The third-order valence-electron chi connectivity index (χ3n) is 2.67. The third kappa shape index (κ3) is 3.07. The first kappa shape index (κ1) is 12.1. The molecule has 3 heteroatoms. The highest BCUT2D eigenvalue weighted by molar-refractivity contribution is 7.11. The SMILES string of the molecule is Cc1cc(C)cc(NCc2sc(C)nc2C)c1. The summed E-state index contributed by atoms with van der Waals surface area (Å²) in [5.74, 6) is 0. The largest absolute Gasteiger partial charge is 0.380 e. The van der Waals surface area contributed by atoms with Crippen LogP contribution < -0.4 is 5.32 Å². The van der Waals surface area contributed by atoms with Crippen molar-refractivity contribution in [2.45, 2.75) is 34.2 Å². The molecule has 0 spiro atoms. The second kappa shape index (κ2) is 4.88. The van der Waals surface area contributed by atoms with Crippen molar-refractivity contribution in [2.75, 3.05) is 5.32 Å². The summed E-state index contributed by atoms with van der Waals surface area (Å²) < 4.78 is 0. The van der Waals surface area contributed by atoms with Gasteiger partial charge in [0.2, 0.25) is 0 Å². The molecule has 2 aromatic rings. The van der Waals surface area contributed by atoms with E-state index < -0.39 is 0 Å². The molecule has 17 heavy (non-hydrogen) atoms. The lowest BCUT2D eigenvalue weighted by Gasteiger charge is -2.07. The van der Waals surface area contributed by atoms with Crippen molar-refractivity contribution in [2.24, 2.45) is 0 Å². The van der Waals surface area contributed by atoms with Crippen LogP contribution in [0.2, 0.25) is 0 Å². The van der Waals surface area contributed by atoms with E-state index in [2.05, 4.69) is 56.2 Å². The van der Waals surface area contributed by atoms with Crippen molar-refractivity contribution < 1.29 is 0 Å². The van der Waals surface area contributed by atoms with Crippen molar-refractivity contribution in [1.82, 2.24) is 4.98 Å². The van der Waals surface area contributed by atoms with Gasteiger partial charge in [0.15, 0.2) is 0 Å². The maximum Gasteiger partial charge on any atom is 0.0900 e. The minimum absolute atomic E-state index is 0.861. The summed E-state index contributed by atoms with van der Waals surface area (Å²) in [6, 6.07) is 6.54. The Morgan fingerprint density at radius 1 is 1.06 bits per heavy atom. The number of hydrogen-bond donors (Lipinski definition) is 1. The molecule has 0 aliphatic heterocycles. The lowest BCUT2D eigenvalue weighted by molar-refractivity contribution is 1.10. The molecule has 0 atom stereocenters. The quantitative estimate of drug-likeness (QED) is 0.885. The topological polar surface area (TPSA) is 24.9 Å². The first-order valence-corrected chi connectivity index (χ1v) is 6.61. The van der Waals surface area contributed by atoms with E-state index in [1.165, 1.54) is 21.7 Å². The van der Waals surface area contributed by atoms with Gasteiger partial charge in [-0.2, -0.15) is 0 Å². The van der Waals surface area contributed by atoms with E-state index in [0.29, 0.717) is 0 Å². The number of thiazole rings is 1. The highest BCUT2D eigenvalue weighted by Gasteiger charge is 2.04. The summed E-state index contributed by atoms with van der Waals surface area (Å²) in [6.07, 6.45) is 0. The lowest BCUT2D eigenvalue weighted by Crippen LogP contribution is -1.99. The number of anilines is 1. The van der Waals surface area contributed by atoms with Crippen molar-refractivity contribution in [3.05, 3.63) is 44.9 Å². The van der Waals surface area contributed by atoms with Gasteiger partial charge in [0, 0.05) is 10.6 Å². The second-order valence-corrected chi connectivity index (χ2v) is 5.76. The normalized spacial score (nSPS) is 10.6. The number of aromatic nitrogens is 1. The van der Waals surface area contributed by atoms with E-state index in [4.69, 9.17) is 0 Å². The van der Waals surface area contributed by atoms with Gasteiger partial charge in [-0.1, -0.05) is 6.07 Å². The number of benzene rings is 1.